The van der Waals surface area contributed by atoms with Crippen LogP contribution in [0.15, 0.2) is 72.1 Å². The number of para-hydroxylation sites is 1. The summed E-state index contributed by atoms with van der Waals surface area (Å²) < 4.78 is 8.10. The molecule has 2 N–H and O–H groups in total. The van der Waals surface area contributed by atoms with Gasteiger partial charge in [0.25, 0.3) is 11.1 Å². The molecular formula is C20H10Br4N4O4S. The van der Waals surface area contributed by atoms with Crippen molar-refractivity contribution in [3.8, 4) is 0 Å². The molecule has 0 aliphatic rings. The standard InChI is InChI=1S/C20H10Br4N4O4S/c1-7(9-6-8-4-2-3-5-10(8)32-19(9)31)25-26-20(33)28-18(30)12-11(17(29)27-28)13(21)15(23)16(24)14(12)22/h2-6H,1H3,(H,26,33)(H,27,29). The topological polar surface area (TPSA) is 109 Å². The van der Waals surface area contributed by atoms with E-state index < -0.39 is 16.7 Å². The van der Waals surface area contributed by atoms with Crippen LogP contribution in [0.3, 0.4) is 0 Å². The van der Waals surface area contributed by atoms with E-state index in [1.54, 1.807) is 31.2 Å². The third kappa shape index (κ3) is 4.32. The fourth-order valence-electron chi connectivity index (χ4n) is 3.06. The zero-order chi connectivity index (χ0) is 24.0. The number of nitrogens with one attached hydrogen (secondary N) is 2. The highest BCUT2D eigenvalue weighted by Gasteiger charge is 2.21. The summed E-state index contributed by atoms with van der Waals surface area (Å²) in [5.41, 5.74) is 1.81. The van der Waals surface area contributed by atoms with Gasteiger partial charge in [-0.25, -0.2) is 4.79 Å². The molecule has 8 nitrogen and oxygen atoms in total. The Bertz CT molecular complexity index is 1690. The van der Waals surface area contributed by atoms with Crippen LogP contribution in [0, 0.1) is 0 Å². The summed E-state index contributed by atoms with van der Waals surface area (Å²) in [5, 5.41) is 7.35. The van der Waals surface area contributed by atoms with Gasteiger partial charge in [0.1, 0.15) is 5.58 Å². The predicted octanol–water partition coefficient (Wildman–Crippen LogP) is 4.99. The second-order valence-corrected chi connectivity index (χ2v) is 10.2. The molecule has 33 heavy (non-hydrogen) atoms. The van der Waals surface area contributed by atoms with Crippen molar-refractivity contribution in [1.82, 2.24) is 15.2 Å². The van der Waals surface area contributed by atoms with E-state index in [9.17, 15) is 14.4 Å². The van der Waals surface area contributed by atoms with Crippen LogP contribution in [-0.4, -0.2) is 20.6 Å². The summed E-state index contributed by atoms with van der Waals surface area (Å²) in [4.78, 5) is 38.2. The molecule has 168 valence electrons. The maximum atomic E-state index is 13.1. The van der Waals surface area contributed by atoms with Crippen LogP contribution in [0.4, 0.5) is 0 Å². The minimum atomic E-state index is -0.582. The summed E-state index contributed by atoms with van der Waals surface area (Å²) in [6.45, 7) is 1.59. The first-order valence-corrected chi connectivity index (χ1v) is 12.6. The Hall–Kier alpha value is -1.93. The average Bonchev–Trinajstić information content (AvgIpc) is 2.80. The molecule has 0 fully saturated rings. The molecule has 4 rings (SSSR count). The largest absolute Gasteiger partial charge is 0.422 e. The second kappa shape index (κ2) is 9.37. The van der Waals surface area contributed by atoms with Gasteiger partial charge in [0, 0.05) is 23.3 Å². The molecule has 0 aliphatic carbocycles. The van der Waals surface area contributed by atoms with Crippen molar-refractivity contribution in [2.45, 2.75) is 6.92 Å². The SMILES string of the molecule is CC(=NNC(=S)n1[nH]c(=O)c2c(Br)c(Br)c(Br)c(Br)c2c1=O)c1cc2ccccc2oc1=O. The molecule has 0 spiro atoms. The molecular weight excluding hydrogens is 712 g/mol. The first-order chi connectivity index (χ1) is 15.6. The first-order valence-electron chi connectivity index (χ1n) is 9.00. The van der Waals surface area contributed by atoms with Gasteiger partial charge in [-0.05, 0) is 95.0 Å². The number of aromatic amines is 1. The molecule has 0 amide bonds. The van der Waals surface area contributed by atoms with Gasteiger partial charge < -0.3 is 4.42 Å². The summed E-state index contributed by atoms with van der Waals surface area (Å²) in [6.07, 6.45) is 0. The lowest BCUT2D eigenvalue weighted by Crippen LogP contribution is -2.39. The molecule has 0 radical (unpaired) electrons. The fraction of sp³-hybridized carbons (Fsp3) is 0.0500. The zero-order valence-electron chi connectivity index (χ0n) is 16.3. The first kappa shape index (κ1) is 24.2. The van der Waals surface area contributed by atoms with Gasteiger partial charge in [-0.15, -0.1) is 0 Å². The number of nitrogens with zero attached hydrogens (tertiary/aromatic N) is 2. The van der Waals surface area contributed by atoms with Crippen LogP contribution in [0.25, 0.3) is 21.7 Å². The lowest BCUT2D eigenvalue weighted by Gasteiger charge is -2.12. The average molecular weight is 722 g/mol. The van der Waals surface area contributed by atoms with E-state index in [-0.39, 0.29) is 27.2 Å². The van der Waals surface area contributed by atoms with E-state index in [1.807, 2.05) is 6.07 Å². The van der Waals surface area contributed by atoms with Gasteiger partial charge in [0.15, 0.2) is 0 Å². The van der Waals surface area contributed by atoms with Crippen LogP contribution in [0.2, 0.25) is 0 Å². The number of thiocarbonyl (C=S) groups is 1. The Morgan fingerprint density at radius 2 is 1.67 bits per heavy atom. The summed E-state index contributed by atoms with van der Waals surface area (Å²) in [5.74, 6) is 0. The zero-order valence-corrected chi connectivity index (χ0v) is 23.5. The molecule has 2 aromatic carbocycles. The molecule has 4 aromatic rings. The molecule has 0 aliphatic heterocycles. The van der Waals surface area contributed by atoms with Crippen molar-refractivity contribution in [2.75, 3.05) is 0 Å². The molecule has 0 atom stereocenters. The number of H-pyrrole nitrogens is 1. The predicted molar refractivity (Wildman–Crippen MR) is 145 cm³/mol. The number of benzene rings is 2. The monoisotopic (exact) mass is 718 g/mol. The number of aromatic nitrogens is 2. The Morgan fingerprint density at radius 1 is 1.03 bits per heavy atom. The van der Waals surface area contributed by atoms with Crippen molar-refractivity contribution >= 4 is 109 Å². The lowest BCUT2D eigenvalue weighted by atomic mass is 10.1. The van der Waals surface area contributed by atoms with E-state index in [0.717, 1.165) is 10.1 Å². The summed E-state index contributed by atoms with van der Waals surface area (Å²) in [7, 11) is 0. The van der Waals surface area contributed by atoms with Crippen molar-refractivity contribution in [1.29, 1.82) is 0 Å². The van der Waals surface area contributed by atoms with Crippen LogP contribution < -0.4 is 22.2 Å². The van der Waals surface area contributed by atoms with Gasteiger partial charge in [-0.1, -0.05) is 18.2 Å². The maximum absolute atomic E-state index is 13.1. The Balaban J connectivity index is 1.76. The van der Waals surface area contributed by atoms with Gasteiger partial charge >= 0.3 is 5.63 Å². The second-order valence-electron chi connectivity index (χ2n) is 6.69. The normalized spacial score (nSPS) is 11.8. The highest BCUT2D eigenvalue weighted by molar-refractivity contribution is 9.15. The third-order valence-electron chi connectivity index (χ3n) is 4.68. The lowest BCUT2D eigenvalue weighted by molar-refractivity contribution is 0.559. The van der Waals surface area contributed by atoms with Crippen LogP contribution in [-0.2, 0) is 0 Å². The van der Waals surface area contributed by atoms with Gasteiger partial charge in [-0.3, -0.25) is 20.1 Å². The van der Waals surface area contributed by atoms with E-state index in [4.69, 9.17) is 16.6 Å². The fourth-order valence-corrected chi connectivity index (χ4v) is 5.71. The quantitative estimate of drug-likeness (QED) is 0.0755. The minimum absolute atomic E-state index is 0.112. The van der Waals surface area contributed by atoms with Crippen LogP contribution in [0.5, 0.6) is 0 Å². The Kier molecular flexibility index (Phi) is 6.87. The van der Waals surface area contributed by atoms with Crippen molar-refractivity contribution in [2.24, 2.45) is 5.10 Å². The minimum Gasteiger partial charge on any atom is -0.422 e. The van der Waals surface area contributed by atoms with E-state index >= 15 is 0 Å². The number of rotatable bonds is 2. The van der Waals surface area contributed by atoms with E-state index in [1.165, 1.54) is 0 Å². The maximum Gasteiger partial charge on any atom is 0.345 e. The molecule has 13 heteroatoms. The Labute approximate surface area is 223 Å². The third-order valence-corrected chi connectivity index (χ3v) is 9.72. The van der Waals surface area contributed by atoms with Crippen LogP contribution in [0.1, 0.15) is 12.5 Å². The smallest absolute Gasteiger partial charge is 0.345 e. The van der Waals surface area contributed by atoms with E-state index in [0.29, 0.717) is 23.5 Å². The molecule has 0 saturated heterocycles. The molecule has 0 saturated carbocycles. The van der Waals surface area contributed by atoms with Crippen LogP contribution >= 0.6 is 75.9 Å². The number of hydrogen-bond donors (Lipinski definition) is 2. The molecule has 0 unspecified atom stereocenters. The van der Waals surface area contributed by atoms with Gasteiger partial charge in [-0.2, -0.15) is 9.78 Å². The van der Waals surface area contributed by atoms with Crippen molar-refractivity contribution < 1.29 is 4.42 Å². The number of fused-ring (bicyclic) bond motifs is 2. The molecule has 2 heterocycles. The highest BCUT2D eigenvalue weighted by Crippen LogP contribution is 2.41. The van der Waals surface area contributed by atoms with Crippen molar-refractivity contribution in [3.63, 3.8) is 0 Å². The summed E-state index contributed by atoms with van der Waals surface area (Å²) >= 11 is 18.7. The number of halogens is 4. The summed E-state index contributed by atoms with van der Waals surface area (Å²) in [6, 6.07) is 8.73. The highest BCUT2D eigenvalue weighted by atomic mass is 79.9. The number of hydrogen-bond acceptors (Lipinski definition) is 6. The molecule has 2 aromatic heterocycles. The van der Waals surface area contributed by atoms with E-state index in [2.05, 4.69) is 79.3 Å². The Morgan fingerprint density at radius 3 is 2.36 bits per heavy atom. The number of hydrazone groups is 1. The van der Waals surface area contributed by atoms with Gasteiger partial charge in [0.05, 0.1) is 22.0 Å². The van der Waals surface area contributed by atoms with Crippen molar-refractivity contribution in [3.05, 3.63) is 84.9 Å². The van der Waals surface area contributed by atoms with Gasteiger partial charge in [0.2, 0.25) is 5.11 Å². The molecule has 0 bridgehead atoms.